The molecule has 2 atom stereocenters. The third-order valence-electron chi connectivity index (χ3n) is 5.01. The molecule has 0 radical (unpaired) electrons. The van der Waals surface area contributed by atoms with Gasteiger partial charge in [0.25, 0.3) is 0 Å². The van der Waals surface area contributed by atoms with Crippen LogP contribution in [0.15, 0.2) is 35.9 Å². The lowest BCUT2D eigenvalue weighted by Gasteiger charge is -2.24. The first-order valence-electron chi connectivity index (χ1n) is 7.67. The van der Waals surface area contributed by atoms with Gasteiger partial charge in [-0.1, -0.05) is 34.4 Å². The van der Waals surface area contributed by atoms with Crippen LogP contribution in [0.4, 0.5) is 0 Å². The van der Waals surface area contributed by atoms with E-state index in [4.69, 9.17) is 0 Å². The predicted octanol–water partition coefficient (Wildman–Crippen LogP) is 5.02. The molecule has 0 N–H and O–H groups in total. The van der Waals surface area contributed by atoms with E-state index in [-0.39, 0.29) is 0 Å². The molecule has 1 aliphatic rings. The Bertz CT molecular complexity index is 771. The molecule has 3 nitrogen and oxygen atoms in total. The van der Waals surface area contributed by atoms with E-state index >= 15 is 0 Å². The summed E-state index contributed by atoms with van der Waals surface area (Å²) < 4.78 is 12.6. The van der Waals surface area contributed by atoms with E-state index in [9.17, 15) is 14.2 Å². The molecule has 23 heavy (non-hydrogen) atoms. The Morgan fingerprint density at radius 1 is 1.09 bits per heavy atom. The average Bonchev–Trinajstić information content (AvgIpc) is 2.53. The van der Waals surface area contributed by atoms with E-state index in [0.717, 1.165) is 22.3 Å². The van der Waals surface area contributed by atoms with Gasteiger partial charge in [-0.15, -0.1) is 0 Å². The molecule has 2 rings (SSSR count). The minimum absolute atomic E-state index is 0.388. The third kappa shape index (κ3) is 2.98. The van der Waals surface area contributed by atoms with E-state index in [1.807, 2.05) is 52.0 Å². The van der Waals surface area contributed by atoms with Gasteiger partial charge < -0.3 is 0 Å². The normalized spacial score (nSPS) is 20.9. The van der Waals surface area contributed by atoms with Gasteiger partial charge in [0.1, 0.15) is 5.41 Å². The maximum atomic E-state index is 12.7. The second-order valence-corrected chi connectivity index (χ2v) is 7.80. The Morgan fingerprint density at radius 3 is 2.35 bits per heavy atom. The molecular weight excluding hydrogens is 307 g/mol. The molecule has 1 aliphatic carbocycles. The summed E-state index contributed by atoms with van der Waals surface area (Å²) in [5.74, 6) is 0. The highest BCUT2D eigenvalue weighted by Gasteiger charge is 2.51. The van der Waals surface area contributed by atoms with Crippen molar-refractivity contribution in [3.8, 4) is 0 Å². The molecule has 0 saturated heterocycles. The number of benzene rings is 1. The molecule has 1 aromatic rings. The lowest BCUT2D eigenvalue weighted by molar-refractivity contribution is -0.117. The summed E-state index contributed by atoms with van der Waals surface area (Å²) in [6.07, 6.45) is 6.08. The number of carbonyl (C=O) groups excluding carboxylic acids is 2. The Hall–Kier alpha value is -1.86. The molecule has 0 spiro atoms. The van der Waals surface area contributed by atoms with Crippen molar-refractivity contribution in [2.75, 3.05) is 0 Å². The zero-order valence-corrected chi connectivity index (χ0v) is 15.2. The molecule has 0 aliphatic heterocycles. The summed E-state index contributed by atoms with van der Waals surface area (Å²) in [4.78, 5) is 25.3. The first kappa shape index (κ1) is 17.5. The largest absolute Gasteiger partial charge is 0.497 e. The average molecular weight is 329 g/mol. The van der Waals surface area contributed by atoms with Gasteiger partial charge in [-0.05, 0) is 63.8 Å². The van der Waals surface area contributed by atoms with E-state index < -0.39 is 24.3 Å². The first-order chi connectivity index (χ1) is 10.7. The summed E-state index contributed by atoms with van der Waals surface area (Å²) in [5, 5.41) is 0. The molecule has 4 heteroatoms. The summed E-state index contributed by atoms with van der Waals surface area (Å²) >= 11 is 0. The van der Waals surface area contributed by atoms with Crippen LogP contribution in [-0.2, 0) is 9.36 Å². The van der Waals surface area contributed by atoms with E-state index in [1.165, 1.54) is 0 Å². The number of allylic oxidation sites excluding steroid dienone is 4. The van der Waals surface area contributed by atoms with Gasteiger partial charge in [0.2, 0.25) is 0 Å². The van der Waals surface area contributed by atoms with Crippen LogP contribution < -0.4 is 0 Å². The van der Waals surface area contributed by atoms with Gasteiger partial charge in [0.05, 0.1) is 5.56 Å². The van der Waals surface area contributed by atoms with Crippen LogP contribution >= 0.6 is 7.80 Å². The van der Waals surface area contributed by atoms with Crippen molar-refractivity contribution >= 4 is 18.8 Å². The zero-order valence-electron chi connectivity index (χ0n) is 14.3. The van der Waals surface area contributed by atoms with Crippen LogP contribution in [0.5, 0.6) is 0 Å². The highest BCUT2D eigenvalue weighted by Crippen LogP contribution is 2.45. The molecule has 2 unspecified atom stereocenters. The van der Waals surface area contributed by atoms with Crippen LogP contribution in [0.2, 0.25) is 0 Å². The predicted molar refractivity (Wildman–Crippen MR) is 93.2 cm³/mol. The molecule has 0 heterocycles. The highest BCUT2D eigenvalue weighted by atomic mass is 31.1. The van der Waals surface area contributed by atoms with Crippen molar-refractivity contribution in [1.29, 1.82) is 0 Å². The Kier molecular flexibility index (Phi) is 4.81. The quantitative estimate of drug-likeness (QED) is 0.729. The molecule has 1 aromatic carbocycles. The molecule has 0 aromatic heterocycles. The SMILES string of the molecule is CC1=CC=CCC1(C)C(=O)[P+](=O)C(=O)c1ccc(C)c(C)c1C. The van der Waals surface area contributed by atoms with Crippen molar-refractivity contribution in [3.63, 3.8) is 0 Å². The fourth-order valence-corrected chi connectivity index (χ4v) is 4.09. The first-order valence-corrected chi connectivity index (χ1v) is 8.93. The summed E-state index contributed by atoms with van der Waals surface area (Å²) in [7, 11) is -2.62. The maximum absolute atomic E-state index is 12.7. The van der Waals surface area contributed by atoms with Crippen molar-refractivity contribution in [3.05, 3.63) is 58.2 Å². The zero-order chi connectivity index (χ0) is 17.4. The fourth-order valence-electron chi connectivity index (χ4n) is 2.73. The van der Waals surface area contributed by atoms with Crippen molar-refractivity contribution in [2.45, 2.75) is 41.0 Å². The second-order valence-electron chi connectivity index (χ2n) is 6.40. The fraction of sp³-hybridized carbons (Fsp3) is 0.368. The van der Waals surface area contributed by atoms with Crippen molar-refractivity contribution < 1.29 is 14.2 Å². The minimum Gasteiger partial charge on any atom is -0.239 e. The highest BCUT2D eigenvalue weighted by molar-refractivity contribution is 7.80. The lowest BCUT2D eigenvalue weighted by Crippen LogP contribution is -2.28. The van der Waals surface area contributed by atoms with Crippen LogP contribution in [0.1, 0.15) is 47.3 Å². The smallest absolute Gasteiger partial charge is 0.239 e. The van der Waals surface area contributed by atoms with Gasteiger partial charge in [0, 0.05) is 0 Å². The van der Waals surface area contributed by atoms with Crippen molar-refractivity contribution in [2.24, 2.45) is 5.41 Å². The number of hydrogen-bond acceptors (Lipinski definition) is 3. The summed E-state index contributed by atoms with van der Waals surface area (Å²) in [6, 6.07) is 3.51. The summed E-state index contributed by atoms with van der Waals surface area (Å²) in [5.41, 5.74) is 2.20. The van der Waals surface area contributed by atoms with Gasteiger partial charge in [0.15, 0.2) is 0 Å². The lowest BCUT2D eigenvalue weighted by atomic mass is 9.78. The number of aryl methyl sites for hydroxylation is 1. The van der Waals surface area contributed by atoms with Crippen LogP contribution in [-0.4, -0.2) is 11.0 Å². The monoisotopic (exact) mass is 329 g/mol. The van der Waals surface area contributed by atoms with Crippen LogP contribution in [0.25, 0.3) is 0 Å². The van der Waals surface area contributed by atoms with Gasteiger partial charge in [-0.25, -0.2) is 9.59 Å². The van der Waals surface area contributed by atoms with Crippen LogP contribution in [0, 0.1) is 26.2 Å². The summed E-state index contributed by atoms with van der Waals surface area (Å²) in [6.45, 7) is 9.33. The van der Waals surface area contributed by atoms with Crippen LogP contribution in [0.3, 0.4) is 0 Å². The Labute approximate surface area is 138 Å². The molecule has 120 valence electrons. The van der Waals surface area contributed by atoms with E-state index in [1.54, 1.807) is 13.0 Å². The van der Waals surface area contributed by atoms with Gasteiger partial charge in [-0.3, -0.25) is 0 Å². The number of hydrogen-bond donors (Lipinski definition) is 0. The molecule has 0 bridgehead atoms. The van der Waals surface area contributed by atoms with E-state index in [0.29, 0.717) is 12.0 Å². The Balaban J connectivity index is 2.36. The van der Waals surface area contributed by atoms with Crippen molar-refractivity contribution in [1.82, 2.24) is 0 Å². The van der Waals surface area contributed by atoms with Gasteiger partial charge in [-0.2, -0.15) is 0 Å². The van der Waals surface area contributed by atoms with E-state index in [2.05, 4.69) is 0 Å². The second kappa shape index (κ2) is 6.33. The molecular formula is C19H22O3P+. The Morgan fingerprint density at radius 2 is 1.74 bits per heavy atom. The van der Waals surface area contributed by atoms with Gasteiger partial charge >= 0.3 is 18.8 Å². The topological polar surface area (TPSA) is 51.2 Å². The molecule has 0 amide bonds. The molecule has 0 saturated carbocycles. The maximum Gasteiger partial charge on any atom is 0.497 e. The minimum atomic E-state index is -2.62. The standard InChI is InChI=1S/C19H22O3P/c1-12-9-10-16(15(4)14(12)3)17(20)23(22)18(21)19(5)11-7-6-8-13(19)2/h6-10H,11H2,1-5H3/q+1. The number of carbonyl (C=O) groups is 2. The number of rotatable bonds is 4. The molecule has 0 fully saturated rings. The third-order valence-corrected chi connectivity index (χ3v) is 6.48.